The first kappa shape index (κ1) is 12.2. The molecular weight excluding hydrogens is 190 g/mol. The summed E-state index contributed by atoms with van der Waals surface area (Å²) in [6.45, 7) is 6.33. The highest BCUT2D eigenvalue weighted by atomic mass is 16.5. The summed E-state index contributed by atoms with van der Waals surface area (Å²) in [6.07, 6.45) is 3.86. The normalized spacial score (nSPS) is 15.2. The second-order valence-electron chi connectivity index (χ2n) is 4.11. The van der Waals surface area contributed by atoms with E-state index in [4.69, 9.17) is 10.3 Å². The molecule has 2 N–H and O–H groups in total. The second kappa shape index (κ2) is 5.85. The van der Waals surface area contributed by atoms with Crippen LogP contribution < -0.4 is 5.73 Å². The summed E-state index contributed by atoms with van der Waals surface area (Å²) < 4.78 is 5.21. The lowest BCUT2D eigenvalue weighted by atomic mass is 10.1. The molecule has 0 aromatic carbocycles. The van der Waals surface area contributed by atoms with Crippen LogP contribution in [0.4, 0.5) is 0 Å². The van der Waals surface area contributed by atoms with Gasteiger partial charge in [-0.3, -0.25) is 0 Å². The van der Waals surface area contributed by atoms with Crippen molar-refractivity contribution in [2.24, 2.45) is 5.73 Å². The molecule has 0 aliphatic heterocycles. The van der Waals surface area contributed by atoms with Crippen molar-refractivity contribution in [2.75, 3.05) is 0 Å². The molecule has 0 saturated carbocycles. The number of aromatic nitrogens is 2. The molecule has 2 unspecified atom stereocenters. The van der Waals surface area contributed by atoms with Crippen LogP contribution in [0.1, 0.15) is 57.7 Å². The average molecular weight is 211 g/mol. The van der Waals surface area contributed by atoms with Crippen molar-refractivity contribution < 1.29 is 4.52 Å². The molecule has 0 bridgehead atoms. The number of nitrogens with two attached hydrogens (primary N) is 1. The van der Waals surface area contributed by atoms with Gasteiger partial charge in [0.2, 0.25) is 5.89 Å². The molecule has 4 heteroatoms. The van der Waals surface area contributed by atoms with Gasteiger partial charge in [0.25, 0.3) is 0 Å². The molecule has 1 aromatic heterocycles. The highest BCUT2D eigenvalue weighted by molar-refractivity contribution is 4.93. The van der Waals surface area contributed by atoms with Gasteiger partial charge in [-0.05, 0) is 12.8 Å². The van der Waals surface area contributed by atoms with E-state index < -0.39 is 0 Å². The summed E-state index contributed by atoms with van der Waals surface area (Å²) in [7, 11) is 0. The van der Waals surface area contributed by atoms with Crippen LogP contribution in [0, 0.1) is 0 Å². The van der Waals surface area contributed by atoms with Crippen LogP contribution in [0.5, 0.6) is 0 Å². The molecule has 86 valence electrons. The first-order valence-corrected chi connectivity index (χ1v) is 5.75. The van der Waals surface area contributed by atoms with E-state index in [0.717, 1.165) is 31.0 Å². The lowest BCUT2D eigenvalue weighted by molar-refractivity contribution is 0.348. The second-order valence-corrected chi connectivity index (χ2v) is 4.11. The third kappa shape index (κ3) is 3.63. The number of rotatable bonds is 6. The molecule has 0 amide bonds. The van der Waals surface area contributed by atoms with Gasteiger partial charge in [-0.15, -0.1) is 0 Å². The zero-order valence-electron chi connectivity index (χ0n) is 9.86. The zero-order chi connectivity index (χ0) is 11.3. The molecule has 15 heavy (non-hydrogen) atoms. The van der Waals surface area contributed by atoms with Gasteiger partial charge in [0.1, 0.15) is 0 Å². The van der Waals surface area contributed by atoms with Gasteiger partial charge >= 0.3 is 0 Å². The standard InChI is InChI=1S/C11H21N3O/c1-4-6-8(3)11-13-10(14-15-11)7-9(12)5-2/h8-9H,4-7,12H2,1-3H3. The SMILES string of the molecule is CCCC(C)c1nc(CC(N)CC)no1. The van der Waals surface area contributed by atoms with Crippen molar-refractivity contribution in [3.63, 3.8) is 0 Å². The highest BCUT2D eigenvalue weighted by Crippen LogP contribution is 2.18. The Bertz CT molecular complexity index is 285. The number of hydrogen-bond donors (Lipinski definition) is 1. The summed E-state index contributed by atoms with van der Waals surface area (Å²) in [4.78, 5) is 4.36. The Morgan fingerprint density at radius 1 is 1.40 bits per heavy atom. The summed E-state index contributed by atoms with van der Waals surface area (Å²) in [5, 5.41) is 3.94. The van der Waals surface area contributed by atoms with E-state index in [-0.39, 0.29) is 6.04 Å². The molecule has 1 aromatic rings. The van der Waals surface area contributed by atoms with Gasteiger partial charge in [0, 0.05) is 18.4 Å². The Kier molecular flexibility index (Phi) is 4.75. The van der Waals surface area contributed by atoms with E-state index in [9.17, 15) is 0 Å². The topological polar surface area (TPSA) is 64.9 Å². The Hall–Kier alpha value is -0.900. The molecule has 0 spiro atoms. The maximum Gasteiger partial charge on any atom is 0.229 e. The van der Waals surface area contributed by atoms with Crippen molar-refractivity contribution >= 4 is 0 Å². The summed E-state index contributed by atoms with van der Waals surface area (Å²) >= 11 is 0. The zero-order valence-corrected chi connectivity index (χ0v) is 9.86. The summed E-state index contributed by atoms with van der Waals surface area (Å²) in [5.74, 6) is 1.84. The minimum atomic E-state index is 0.136. The van der Waals surface area contributed by atoms with Gasteiger partial charge < -0.3 is 10.3 Å². The maximum atomic E-state index is 5.83. The fourth-order valence-electron chi connectivity index (χ4n) is 1.49. The monoisotopic (exact) mass is 211 g/mol. The van der Waals surface area contributed by atoms with Gasteiger partial charge in [0.15, 0.2) is 5.82 Å². The minimum Gasteiger partial charge on any atom is -0.339 e. The van der Waals surface area contributed by atoms with Crippen LogP contribution in [0.3, 0.4) is 0 Å². The highest BCUT2D eigenvalue weighted by Gasteiger charge is 2.14. The van der Waals surface area contributed by atoms with E-state index in [1.807, 2.05) is 0 Å². The molecule has 0 radical (unpaired) electrons. The van der Waals surface area contributed by atoms with E-state index in [0.29, 0.717) is 12.3 Å². The van der Waals surface area contributed by atoms with Gasteiger partial charge in [0.05, 0.1) is 0 Å². The fraction of sp³-hybridized carbons (Fsp3) is 0.818. The van der Waals surface area contributed by atoms with Crippen LogP contribution in [0.15, 0.2) is 4.52 Å². The Balaban J connectivity index is 2.55. The third-order valence-electron chi connectivity index (χ3n) is 2.60. The molecule has 0 aliphatic rings. The minimum absolute atomic E-state index is 0.136. The number of hydrogen-bond acceptors (Lipinski definition) is 4. The van der Waals surface area contributed by atoms with Crippen LogP contribution in [0.2, 0.25) is 0 Å². The molecule has 0 saturated heterocycles. The van der Waals surface area contributed by atoms with E-state index in [2.05, 4.69) is 30.9 Å². The quantitative estimate of drug-likeness (QED) is 0.783. The molecular formula is C11H21N3O. The fourth-order valence-corrected chi connectivity index (χ4v) is 1.49. The first-order chi connectivity index (χ1) is 7.17. The lowest BCUT2D eigenvalue weighted by Gasteiger charge is -2.03. The van der Waals surface area contributed by atoms with Gasteiger partial charge in [-0.1, -0.05) is 32.3 Å². The van der Waals surface area contributed by atoms with Gasteiger partial charge in [-0.2, -0.15) is 4.98 Å². The Labute approximate surface area is 91.2 Å². The Morgan fingerprint density at radius 3 is 2.73 bits per heavy atom. The largest absolute Gasteiger partial charge is 0.339 e. The predicted molar refractivity (Wildman–Crippen MR) is 59.6 cm³/mol. The van der Waals surface area contributed by atoms with Crippen LogP contribution in [-0.2, 0) is 6.42 Å². The number of nitrogens with zero attached hydrogens (tertiary/aromatic N) is 2. The van der Waals surface area contributed by atoms with E-state index in [1.54, 1.807) is 0 Å². The van der Waals surface area contributed by atoms with Crippen LogP contribution >= 0.6 is 0 Å². The third-order valence-corrected chi connectivity index (χ3v) is 2.60. The molecule has 1 heterocycles. The van der Waals surface area contributed by atoms with Crippen LogP contribution in [0.25, 0.3) is 0 Å². The van der Waals surface area contributed by atoms with Crippen LogP contribution in [-0.4, -0.2) is 16.2 Å². The molecule has 0 fully saturated rings. The smallest absolute Gasteiger partial charge is 0.229 e. The molecule has 4 nitrogen and oxygen atoms in total. The Morgan fingerprint density at radius 2 is 2.13 bits per heavy atom. The van der Waals surface area contributed by atoms with Crippen molar-refractivity contribution in [3.8, 4) is 0 Å². The van der Waals surface area contributed by atoms with E-state index in [1.165, 1.54) is 0 Å². The lowest BCUT2D eigenvalue weighted by Crippen LogP contribution is -2.22. The summed E-state index contributed by atoms with van der Waals surface area (Å²) in [5.41, 5.74) is 5.83. The van der Waals surface area contributed by atoms with E-state index >= 15 is 0 Å². The van der Waals surface area contributed by atoms with Gasteiger partial charge in [-0.25, -0.2) is 0 Å². The summed E-state index contributed by atoms with van der Waals surface area (Å²) in [6, 6.07) is 0.136. The van der Waals surface area contributed by atoms with Crippen molar-refractivity contribution in [3.05, 3.63) is 11.7 Å². The van der Waals surface area contributed by atoms with Crippen molar-refractivity contribution in [1.29, 1.82) is 0 Å². The maximum absolute atomic E-state index is 5.83. The molecule has 1 rings (SSSR count). The van der Waals surface area contributed by atoms with Crippen molar-refractivity contribution in [1.82, 2.24) is 10.1 Å². The average Bonchev–Trinajstić information content (AvgIpc) is 2.66. The molecule has 0 aliphatic carbocycles. The molecule has 2 atom stereocenters. The predicted octanol–water partition coefficient (Wildman–Crippen LogP) is 2.25. The van der Waals surface area contributed by atoms with Crippen molar-refractivity contribution in [2.45, 2.75) is 58.4 Å². The first-order valence-electron chi connectivity index (χ1n) is 5.75.